The first-order chi connectivity index (χ1) is 22.3. The number of imidazole rings is 2. The first-order valence-corrected chi connectivity index (χ1v) is 15.4. The maximum atomic E-state index is 12.9. The summed E-state index contributed by atoms with van der Waals surface area (Å²) >= 11 is 0. The van der Waals surface area contributed by atoms with Crippen LogP contribution in [-0.4, -0.2) is 74.6 Å². The van der Waals surface area contributed by atoms with Crippen molar-refractivity contribution in [1.29, 1.82) is 0 Å². The number of aryl methyl sites for hydroxylation is 2. The third-order valence-corrected chi connectivity index (χ3v) is 9.02. The molecule has 0 radical (unpaired) electrons. The lowest BCUT2D eigenvalue weighted by atomic mass is 9.95. The van der Waals surface area contributed by atoms with Gasteiger partial charge in [0.25, 0.3) is 11.8 Å². The first kappa shape index (κ1) is 29.2. The Morgan fingerprint density at radius 3 is 2.30 bits per heavy atom. The van der Waals surface area contributed by atoms with Crippen molar-refractivity contribution < 1.29 is 9.59 Å². The molecule has 232 valence electrons. The van der Waals surface area contributed by atoms with Crippen LogP contribution >= 0.6 is 0 Å². The number of pyridine rings is 4. The second-order valence-electron chi connectivity index (χ2n) is 11.8. The van der Waals surface area contributed by atoms with Crippen LogP contribution in [0.4, 0.5) is 0 Å². The van der Waals surface area contributed by atoms with Gasteiger partial charge >= 0.3 is 0 Å². The zero-order valence-electron chi connectivity index (χ0n) is 26.2. The van der Waals surface area contributed by atoms with Gasteiger partial charge in [0.2, 0.25) is 0 Å². The van der Waals surface area contributed by atoms with Crippen LogP contribution in [0.3, 0.4) is 0 Å². The molecular formula is C34H34N10O2. The van der Waals surface area contributed by atoms with E-state index in [1.807, 2.05) is 68.0 Å². The number of aromatic amines is 2. The zero-order valence-corrected chi connectivity index (χ0v) is 26.2. The van der Waals surface area contributed by atoms with Crippen LogP contribution in [0.5, 0.6) is 0 Å². The van der Waals surface area contributed by atoms with Gasteiger partial charge in [-0.1, -0.05) is 6.07 Å². The Balaban J connectivity index is 0.000000147. The quantitative estimate of drug-likeness (QED) is 0.281. The number of carbonyl (C=O) groups excluding carboxylic acids is 2. The average Bonchev–Trinajstić information content (AvgIpc) is 3.72. The highest BCUT2D eigenvalue weighted by molar-refractivity contribution is 5.95. The van der Waals surface area contributed by atoms with E-state index in [0.29, 0.717) is 30.4 Å². The highest BCUT2D eigenvalue weighted by atomic mass is 16.2. The number of rotatable bonds is 2. The van der Waals surface area contributed by atoms with Gasteiger partial charge < -0.3 is 19.8 Å². The maximum absolute atomic E-state index is 12.9. The molecule has 2 aliphatic heterocycles. The monoisotopic (exact) mass is 614 g/mol. The van der Waals surface area contributed by atoms with Gasteiger partial charge in [0.1, 0.15) is 0 Å². The fourth-order valence-corrected chi connectivity index (χ4v) is 6.41. The highest BCUT2D eigenvalue weighted by Crippen LogP contribution is 2.31. The summed E-state index contributed by atoms with van der Waals surface area (Å²) in [5.74, 6) is 0.557. The Morgan fingerprint density at radius 2 is 1.52 bits per heavy atom. The van der Waals surface area contributed by atoms with Crippen molar-refractivity contribution in [3.05, 3.63) is 107 Å². The van der Waals surface area contributed by atoms with Crippen molar-refractivity contribution in [2.75, 3.05) is 13.1 Å². The minimum atomic E-state index is -0.0858. The fraction of sp³-hybridized carbons (Fsp3) is 0.294. The van der Waals surface area contributed by atoms with E-state index in [1.54, 1.807) is 31.0 Å². The van der Waals surface area contributed by atoms with E-state index in [2.05, 4.69) is 39.9 Å². The molecule has 12 heteroatoms. The molecular weight excluding hydrogens is 580 g/mol. The Hall–Kier alpha value is -5.52. The molecule has 2 unspecified atom stereocenters. The molecule has 2 atom stereocenters. The number of carbonyl (C=O) groups is 2. The molecule has 8 heterocycles. The Morgan fingerprint density at radius 1 is 0.761 bits per heavy atom. The number of aromatic nitrogens is 8. The van der Waals surface area contributed by atoms with Crippen molar-refractivity contribution in [3.63, 3.8) is 0 Å². The van der Waals surface area contributed by atoms with Crippen molar-refractivity contribution >= 4 is 34.0 Å². The van der Waals surface area contributed by atoms with Crippen molar-refractivity contribution in [1.82, 2.24) is 49.7 Å². The zero-order chi connectivity index (χ0) is 31.9. The third kappa shape index (κ3) is 5.15. The number of H-pyrrole nitrogens is 2. The lowest BCUT2D eigenvalue weighted by Gasteiger charge is -2.34. The molecule has 0 saturated carbocycles. The first-order valence-electron chi connectivity index (χ1n) is 15.4. The van der Waals surface area contributed by atoms with Gasteiger partial charge in [0.05, 0.1) is 34.8 Å². The molecule has 0 saturated heterocycles. The Bertz CT molecular complexity index is 1950. The van der Waals surface area contributed by atoms with Crippen molar-refractivity contribution in [2.45, 2.75) is 52.6 Å². The molecule has 2 N–H and O–H groups in total. The van der Waals surface area contributed by atoms with Gasteiger partial charge in [-0.05, 0) is 80.1 Å². The lowest BCUT2D eigenvalue weighted by molar-refractivity contribution is 0.0658. The molecule has 2 aliphatic rings. The van der Waals surface area contributed by atoms with Gasteiger partial charge in [-0.15, -0.1) is 0 Å². The van der Waals surface area contributed by atoms with E-state index in [0.717, 1.165) is 57.3 Å². The largest absolute Gasteiger partial charge is 0.333 e. The summed E-state index contributed by atoms with van der Waals surface area (Å²) in [5.41, 5.74) is 9.55. The van der Waals surface area contributed by atoms with E-state index >= 15 is 0 Å². The number of hydrogen-bond donors (Lipinski definition) is 2. The second kappa shape index (κ2) is 11.8. The molecule has 0 fully saturated rings. The summed E-state index contributed by atoms with van der Waals surface area (Å²) in [5, 5.41) is 0. The number of fused-ring (bicyclic) bond motifs is 4. The third-order valence-electron chi connectivity index (χ3n) is 9.02. The predicted molar refractivity (Wildman–Crippen MR) is 172 cm³/mol. The van der Waals surface area contributed by atoms with E-state index in [4.69, 9.17) is 0 Å². The van der Waals surface area contributed by atoms with Gasteiger partial charge in [0.15, 0.2) is 17.3 Å². The number of nitrogens with zero attached hydrogens (tertiary/aromatic N) is 8. The minimum Gasteiger partial charge on any atom is -0.333 e. The Kier molecular flexibility index (Phi) is 7.47. The molecule has 0 aromatic carbocycles. The topological polar surface area (TPSA) is 150 Å². The predicted octanol–water partition coefficient (Wildman–Crippen LogP) is 4.84. The molecule has 12 nitrogen and oxygen atoms in total. The summed E-state index contributed by atoms with van der Waals surface area (Å²) in [7, 11) is 0. The Labute approximate surface area is 265 Å². The maximum Gasteiger partial charge on any atom is 0.290 e. The molecule has 46 heavy (non-hydrogen) atoms. The molecule has 6 aromatic heterocycles. The lowest BCUT2D eigenvalue weighted by Crippen LogP contribution is -2.39. The smallest absolute Gasteiger partial charge is 0.290 e. The van der Waals surface area contributed by atoms with Crippen LogP contribution in [0.25, 0.3) is 22.2 Å². The molecule has 2 amide bonds. The second-order valence-corrected chi connectivity index (χ2v) is 11.8. The molecule has 0 bridgehead atoms. The normalized spacial score (nSPS) is 17.3. The van der Waals surface area contributed by atoms with Crippen LogP contribution in [-0.2, 0) is 12.8 Å². The van der Waals surface area contributed by atoms with Crippen molar-refractivity contribution in [3.8, 4) is 0 Å². The fourth-order valence-electron chi connectivity index (χ4n) is 6.41. The summed E-state index contributed by atoms with van der Waals surface area (Å²) in [6, 6.07) is 7.85. The van der Waals surface area contributed by atoms with Crippen LogP contribution in [0.2, 0.25) is 0 Å². The van der Waals surface area contributed by atoms with E-state index in [1.165, 1.54) is 5.56 Å². The SMILES string of the molecule is Cc1ccnc2nc(C(=O)N3CCc4cnccc4C3C)[nH]c12.Cc1cncc2[nH]c(C(=O)N3CCc4ncccc4C3C)nc12. The highest BCUT2D eigenvalue weighted by Gasteiger charge is 2.31. The van der Waals surface area contributed by atoms with Gasteiger partial charge in [-0.3, -0.25) is 24.5 Å². The van der Waals surface area contributed by atoms with Crippen molar-refractivity contribution in [2.24, 2.45) is 0 Å². The number of hydrogen-bond acceptors (Lipinski definition) is 8. The van der Waals surface area contributed by atoms with Gasteiger partial charge in [-0.2, -0.15) is 0 Å². The molecule has 6 aromatic rings. The minimum absolute atomic E-state index is 0.00705. The molecule has 0 aliphatic carbocycles. The van der Waals surface area contributed by atoms with E-state index in [-0.39, 0.29) is 23.9 Å². The number of nitrogens with one attached hydrogen (secondary N) is 2. The summed E-state index contributed by atoms with van der Waals surface area (Å²) in [4.78, 5) is 61.5. The molecule has 0 spiro atoms. The number of amides is 2. The summed E-state index contributed by atoms with van der Waals surface area (Å²) in [6.07, 6.45) is 12.2. The molecule has 8 rings (SSSR count). The van der Waals surface area contributed by atoms with Gasteiger partial charge in [-0.25, -0.2) is 15.0 Å². The van der Waals surface area contributed by atoms with Crippen LogP contribution in [0.15, 0.2) is 61.4 Å². The van der Waals surface area contributed by atoms with E-state index < -0.39 is 0 Å². The van der Waals surface area contributed by atoms with E-state index in [9.17, 15) is 9.59 Å². The standard InChI is InChI=1S/2C17H17N5O/c1-10-3-7-19-15-14(10)20-16(21-15)17(23)22-8-5-12-9-18-6-4-13(12)11(22)2;1-10-8-18-9-14-15(10)21-16(20-14)17(23)22-7-5-13-12(11(22)2)4-3-6-19-13/h3-4,6-7,9,11H,5,8H2,1-2H3,(H,19,20,21);3-4,6,8-9,11H,5,7H2,1-2H3,(H,20,21). The van der Waals surface area contributed by atoms with Crippen LogP contribution < -0.4 is 0 Å². The summed E-state index contributed by atoms with van der Waals surface area (Å²) < 4.78 is 0. The summed E-state index contributed by atoms with van der Waals surface area (Å²) in [6.45, 7) is 9.31. The van der Waals surface area contributed by atoms with Gasteiger partial charge in [0, 0.05) is 56.2 Å². The van der Waals surface area contributed by atoms with Crippen LogP contribution in [0.1, 0.15) is 80.7 Å². The average molecular weight is 615 g/mol. The van der Waals surface area contributed by atoms with Crippen LogP contribution in [0, 0.1) is 13.8 Å².